The maximum absolute atomic E-state index is 12.2. The van der Waals surface area contributed by atoms with Crippen LogP contribution in [0.2, 0.25) is 0 Å². The number of hydrogen-bond donors (Lipinski definition) is 0. The van der Waals surface area contributed by atoms with Gasteiger partial charge in [0.15, 0.2) is 0 Å². The van der Waals surface area contributed by atoms with Crippen LogP contribution in [0.25, 0.3) is 0 Å². The van der Waals surface area contributed by atoms with E-state index in [-0.39, 0.29) is 12.5 Å². The van der Waals surface area contributed by atoms with E-state index >= 15 is 0 Å². The number of carbonyl (C=O) groups excluding carboxylic acids is 1. The molecule has 0 radical (unpaired) electrons. The van der Waals surface area contributed by atoms with Gasteiger partial charge in [-0.25, -0.2) is 4.79 Å². The van der Waals surface area contributed by atoms with Crippen molar-refractivity contribution in [2.75, 3.05) is 11.9 Å². The molecule has 0 saturated heterocycles. The molecule has 0 bridgehead atoms. The number of nitrogens with zero attached hydrogens (tertiary/aromatic N) is 3. The van der Waals surface area contributed by atoms with Gasteiger partial charge in [0.1, 0.15) is 6.54 Å². The van der Waals surface area contributed by atoms with Crippen LogP contribution in [0.3, 0.4) is 0 Å². The molecule has 0 N–H and O–H groups in total. The summed E-state index contributed by atoms with van der Waals surface area (Å²) < 4.78 is 2.19. The minimum absolute atomic E-state index is 0.114. The molecule has 2 rings (SSSR count). The molecule has 1 aromatic heterocycles. The Balaban J connectivity index is 2.22. The third kappa shape index (κ3) is 3.10. The van der Waals surface area contributed by atoms with Crippen molar-refractivity contribution in [3.05, 3.63) is 62.9 Å². The maximum Gasteiger partial charge on any atom is 0.331 e. The zero-order chi connectivity index (χ0) is 15.6. The molecule has 0 aliphatic heterocycles. The van der Waals surface area contributed by atoms with Gasteiger partial charge in [0, 0.05) is 32.0 Å². The van der Waals surface area contributed by atoms with E-state index in [1.165, 1.54) is 28.8 Å². The third-order valence-electron chi connectivity index (χ3n) is 3.36. The number of likely N-dealkylation sites (N-methyl/N-ethyl adjacent to an activating group) is 1. The highest BCUT2D eigenvalue weighted by atomic mass is 16.2. The first-order valence-corrected chi connectivity index (χ1v) is 6.50. The molecule has 0 aliphatic carbocycles. The molecule has 0 unspecified atom stereocenters. The standard InChI is InChI=1S/C15H17N3O3/c1-11-4-6-12(7-5-11)16(2)14(20)10-18-9-8-13(19)17(3)15(18)21/h4-9H,10H2,1-3H3. The number of aryl methyl sites for hydroxylation is 1. The fourth-order valence-electron chi connectivity index (χ4n) is 1.90. The molecule has 0 fully saturated rings. The highest BCUT2D eigenvalue weighted by Gasteiger charge is 2.13. The fourth-order valence-corrected chi connectivity index (χ4v) is 1.90. The quantitative estimate of drug-likeness (QED) is 0.826. The fraction of sp³-hybridized carbons (Fsp3) is 0.267. The van der Waals surface area contributed by atoms with E-state index in [2.05, 4.69) is 0 Å². The van der Waals surface area contributed by atoms with E-state index in [0.717, 1.165) is 15.8 Å². The Labute approximate surface area is 121 Å². The lowest BCUT2D eigenvalue weighted by molar-refractivity contribution is -0.118. The zero-order valence-corrected chi connectivity index (χ0v) is 12.2. The summed E-state index contributed by atoms with van der Waals surface area (Å²) in [4.78, 5) is 36.9. The zero-order valence-electron chi connectivity index (χ0n) is 12.2. The predicted molar refractivity (Wildman–Crippen MR) is 80.5 cm³/mol. The summed E-state index contributed by atoms with van der Waals surface area (Å²) in [6.07, 6.45) is 1.34. The first-order chi connectivity index (χ1) is 9.90. The van der Waals surface area contributed by atoms with E-state index in [1.54, 1.807) is 7.05 Å². The second-order valence-corrected chi connectivity index (χ2v) is 4.91. The van der Waals surface area contributed by atoms with Gasteiger partial charge in [0.05, 0.1) is 0 Å². The van der Waals surface area contributed by atoms with E-state index in [1.807, 2.05) is 31.2 Å². The number of rotatable bonds is 3. The topological polar surface area (TPSA) is 64.3 Å². The molecule has 0 saturated carbocycles. The predicted octanol–water partition coefficient (Wildman–Crippen LogP) is 0.518. The largest absolute Gasteiger partial charge is 0.331 e. The van der Waals surface area contributed by atoms with Gasteiger partial charge in [0.2, 0.25) is 5.91 Å². The molecule has 2 aromatic rings. The van der Waals surface area contributed by atoms with E-state index < -0.39 is 11.2 Å². The number of anilines is 1. The van der Waals surface area contributed by atoms with Crippen LogP contribution >= 0.6 is 0 Å². The summed E-state index contributed by atoms with van der Waals surface area (Å²) in [6, 6.07) is 8.78. The molecular formula is C15H17N3O3. The van der Waals surface area contributed by atoms with Gasteiger partial charge in [-0.15, -0.1) is 0 Å². The van der Waals surface area contributed by atoms with Crippen molar-refractivity contribution in [1.82, 2.24) is 9.13 Å². The minimum Gasteiger partial charge on any atom is -0.314 e. The van der Waals surface area contributed by atoms with Crippen LogP contribution in [0, 0.1) is 6.92 Å². The van der Waals surface area contributed by atoms with Crippen molar-refractivity contribution in [1.29, 1.82) is 0 Å². The first kappa shape index (κ1) is 14.8. The monoisotopic (exact) mass is 287 g/mol. The molecule has 0 spiro atoms. The van der Waals surface area contributed by atoms with Crippen LogP contribution in [0.1, 0.15) is 5.56 Å². The van der Waals surface area contributed by atoms with Gasteiger partial charge < -0.3 is 4.90 Å². The van der Waals surface area contributed by atoms with Gasteiger partial charge in [0.25, 0.3) is 5.56 Å². The SMILES string of the molecule is Cc1ccc(N(C)C(=O)Cn2ccc(=O)n(C)c2=O)cc1. The highest BCUT2D eigenvalue weighted by molar-refractivity contribution is 5.92. The highest BCUT2D eigenvalue weighted by Crippen LogP contribution is 2.13. The summed E-state index contributed by atoms with van der Waals surface area (Å²) in [5.41, 5.74) is 0.959. The Hall–Kier alpha value is -2.63. The summed E-state index contributed by atoms with van der Waals surface area (Å²) in [7, 11) is 3.04. The van der Waals surface area contributed by atoms with Crippen molar-refractivity contribution >= 4 is 11.6 Å². The molecule has 1 aromatic carbocycles. The Kier molecular flexibility index (Phi) is 4.07. The molecule has 1 amide bonds. The van der Waals surface area contributed by atoms with Crippen molar-refractivity contribution in [3.63, 3.8) is 0 Å². The van der Waals surface area contributed by atoms with Gasteiger partial charge in [-0.05, 0) is 19.1 Å². The van der Waals surface area contributed by atoms with Crippen LogP contribution in [0.15, 0.2) is 46.1 Å². The Bertz CT molecular complexity index is 772. The summed E-state index contributed by atoms with van der Waals surface area (Å²) in [5.74, 6) is -0.236. The van der Waals surface area contributed by atoms with E-state index in [4.69, 9.17) is 0 Å². The number of amides is 1. The molecule has 6 nitrogen and oxygen atoms in total. The molecule has 6 heteroatoms. The first-order valence-electron chi connectivity index (χ1n) is 6.50. The lowest BCUT2D eigenvalue weighted by Gasteiger charge is -2.18. The molecule has 0 aliphatic rings. The van der Waals surface area contributed by atoms with Crippen LogP contribution in [0.5, 0.6) is 0 Å². The van der Waals surface area contributed by atoms with Crippen molar-refractivity contribution in [2.45, 2.75) is 13.5 Å². The Morgan fingerprint density at radius 2 is 1.76 bits per heavy atom. The van der Waals surface area contributed by atoms with Gasteiger partial charge in [-0.2, -0.15) is 0 Å². The molecule has 0 atom stereocenters. The molecular weight excluding hydrogens is 270 g/mol. The number of aromatic nitrogens is 2. The van der Waals surface area contributed by atoms with Crippen LogP contribution in [0.4, 0.5) is 5.69 Å². The lowest BCUT2D eigenvalue weighted by atomic mass is 10.2. The number of hydrogen-bond acceptors (Lipinski definition) is 3. The lowest BCUT2D eigenvalue weighted by Crippen LogP contribution is -2.40. The minimum atomic E-state index is -0.506. The van der Waals surface area contributed by atoms with Gasteiger partial charge in [-0.3, -0.25) is 18.7 Å². The Morgan fingerprint density at radius 1 is 1.14 bits per heavy atom. The summed E-state index contributed by atoms with van der Waals surface area (Å²) in [5, 5.41) is 0. The van der Waals surface area contributed by atoms with E-state index in [9.17, 15) is 14.4 Å². The normalized spacial score (nSPS) is 10.4. The van der Waals surface area contributed by atoms with Crippen LogP contribution in [-0.4, -0.2) is 22.1 Å². The van der Waals surface area contributed by atoms with Gasteiger partial charge in [-0.1, -0.05) is 17.7 Å². The second-order valence-electron chi connectivity index (χ2n) is 4.91. The van der Waals surface area contributed by atoms with Crippen molar-refractivity contribution in [3.8, 4) is 0 Å². The van der Waals surface area contributed by atoms with Gasteiger partial charge >= 0.3 is 5.69 Å². The Morgan fingerprint density at radius 3 is 2.38 bits per heavy atom. The van der Waals surface area contributed by atoms with Crippen LogP contribution < -0.4 is 16.1 Å². The molecule has 110 valence electrons. The van der Waals surface area contributed by atoms with E-state index in [0.29, 0.717) is 0 Å². The number of carbonyl (C=O) groups is 1. The summed E-state index contributed by atoms with van der Waals surface area (Å²) in [6.45, 7) is 1.85. The summed E-state index contributed by atoms with van der Waals surface area (Å²) >= 11 is 0. The smallest absolute Gasteiger partial charge is 0.314 e. The third-order valence-corrected chi connectivity index (χ3v) is 3.36. The second kappa shape index (κ2) is 5.78. The molecule has 1 heterocycles. The van der Waals surface area contributed by atoms with Crippen molar-refractivity contribution < 1.29 is 4.79 Å². The van der Waals surface area contributed by atoms with Crippen LogP contribution in [-0.2, 0) is 18.4 Å². The molecule has 21 heavy (non-hydrogen) atoms. The maximum atomic E-state index is 12.2. The number of benzene rings is 1. The van der Waals surface area contributed by atoms with Crippen molar-refractivity contribution in [2.24, 2.45) is 7.05 Å². The average molecular weight is 287 g/mol. The average Bonchev–Trinajstić information content (AvgIpc) is 2.48.